The summed E-state index contributed by atoms with van der Waals surface area (Å²) in [6.45, 7) is 2.12. The smallest absolute Gasteiger partial charge is 0.220 e. The SMILES string of the molecule is O=C(CCC1CCNC1)NC(c1ccccc1)c1ccc(Br)cc1. The minimum Gasteiger partial charge on any atom is -0.345 e. The molecule has 1 aliphatic heterocycles. The lowest BCUT2D eigenvalue weighted by molar-refractivity contribution is -0.121. The largest absolute Gasteiger partial charge is 0.345 e. The molecule has 24 heavy (non-hydrogen) atoms. The Morgan fingerprint density at radius 1 is 1.12 bits per heavy atom. The van der Waals surface area contributed by atoms with Gasteiger partial charge in [0, 0.05) is 10.9 Å². The molecular formula is C20H23BrN2O. The molecule has 0 radical (unpaired) electrons. The monoisotopic (exact) mass is 386 g/mol. The number of nitrogens with one attached hydrogen (secondary N) is 2. The lowest BCUT2D eigenvalue weighted by atomic mass is 9.97. The number of hydrogen-bond acceptors (Lipinski definition) is 2. The van der Waals surface area contributed by atoms with E-state index in [1.165, 1.54) is 6.42 Å². The van der Waals surface area contributed by atoms with Gasteiger partial charge < -0.3 is 10.6 Å². The lowest BCUT2D eigenvalue weighted by Gasteiger charge is -2.20. The fourth-order valence-electron chi connectivity index (χ4n) is 3.19. The molecule has 1 fully saturated rings. The predicted octanol–water partition coefficient (Wildman–Crippen LogP) is 4.04. The molecule has 3 rings (SSSR count). The quantitative estimate of drug-likeness (QED) is 0.786. The van der Waals surface area contributed by atoms with Gasteiger partial charge in [-0.05, 0) is 55.1 Å². The molecule has 0 aromatic heterocycles. The minimum atomic E-state index is -0.103. The molecule has 0 bridgehead atoms. The zero-order valence-electron chi connectivity index (χ0n) is 13.7. The van der Waals surface area contributed by atoms with Crippen molar-refractivity contribution in [1.29, 1.82) is 0 Å². The fraction of sp³-hybridized carbons (Fsp3) is 0.350. The number of carbonyl (C=O) groups is 1. The number of amides is 1. The van der Waals surface area contributed by atoms with Gasteiger partial charge in [-0.15, -0.1) is 0 Å². The first-order valence-electron chi connectivity index (χ1n) is 8.53. The number of benzene rings is 2. The third kappa shape index (κ3) is 4.68. The van der Waals surface area contributed by atoms with Crippen molar-refractivity contribution in [3.63, 3.8) is 0 Å². The number of halogens is 1. The van der Waals surface area contributed by atoms with Crippen molar-refractivity contribution < 1.29 is 4.79 Å². The van der Waals surface area contributed by atoms with E-state index in [1.807, 2.05) is 30.3 Å². The molecule has 0 saturated carbocycles. The fourth-order valence-corrected chi connectivity index (χ4v) is 3.45. The van der Waals surface area contributed by atoms with Crippen LogP contribution in [0.25, 0.3) is 0 Å². The van der Waals surface area contributed by atoms with Gasteiger partial charge in [-0.2, -0.15) is 0 Å². The Labute approximate surface area is 152 Å². The number of hydrogen-bond donors (Lipinski definition) is 2. The summed E-state index contributed by atoms with van der Waals surface area (Å²) < 4.78 is 1.04. The van der Waals surface area contributed by atoms with E-state index in [4.69, 9.17) is 0 Å². The summed E-state index contributed by atoms with van der Waals surface area (Å²) in [4.78, 5) is 12.5. The summed E-state index contributed by atoms with van der Waals surface area (Å²) in [6.07, 6.45) is 2.73. The van der Waals surface area contributed by atoms with Gasteiger partial charge in [0.1, 0.15) is 0 Å². The van der Waals surface area contributed by atoms with Crippen molar-refractivity contribution in [1.82, 2.24) is 10.6 Å². The topological polar surface area (TPSA) is 41.1 Å². The van der Waals surface area contributed by atoms with Crippen LogP contribution in [0.2, 0.25) is 0 Å². The van der Waals surface area contributed by atoms with E-state index in [0.717, 1.165) is 35.1 Å². The molecule has 2 aromatic carbocycles. The van der Waals surface area contributed by atoms with Gasteiger partial charge in [0.25, 0.3) is 0 Å². The summed E-state index contributed by atoms with van der Waals surface area (Å²) in [6, 6.07) is 18.2. The third-order valence-corrected chi connectivity index (χ3v) is 5.11. The van der Waals surface area contributed by atoms with Crippen LogP contribution in [0.15, 0.2) is 59.1 Å². The van der Waals surface area contributed by atoms with Crippen LogP contribution in [0.4, 0.5) is 0 Å². The van der Waals surface area contributed by atoms with Crippen molar-refractivity contribution in [2.24, 2.45) is 5.92 Å². The highest BCUT2D eigenvalue weighted by Crippen LogP contribution is 2.24. The molecular weight excluding hydrogens is 364 g/mol. The second-order valence-electron chi connectivity index (χ2n) is 6.36. The highest BCUT2D eigenvalue weighted by molar-refractivity contribution is 9.10. The van der Waals surface area contributed by atoms with Gasteiger partial charge in [0.05, 0.1) is 6.04 Å². The highest BCUT2D eigenvalue weighted by Gasteiger charge is 2.19. The number of carbonyl (C=O) groups excluding carboxylic acids is 1. The first kappa shape index (κ1) is 17.2. The Balaban J connectivity index is 1.70. The Morgan fingerprint density at radius 2 is 1.83 bits per heavy atom. The van der Waals surface area contributed by atoms with Crippen molar-refractivity contribution in [2.45, 2.75) is 25.3 Å². The van der Waals surface area contributed by atoms with Gasteiger partial charge in [-0.3, -0.25) is 4.79 Å². The van der Waals surface area contributed by atoms with Crippen LogP contribution in [0, 0.1) is 5.92 Å². The average molecular weight is 387 g/mol. The van der Waals surface area contributed by atoms with E-state index in [2.05, 4.69) is 50.8 Å². The van der Waals surface area contributed by atoms with E-state index in [0.29, 0.717) is 12.3 Å². The van der Waals surface area contributed by atoms with Crippen molar-refractivity contribution in [3.8, 4) is 0 Å². The minimum absolute atomic E-state index is 0.103. The normalized spacial score (nSPS) is 18.3. The van der Waals surface area contributed by atoms with Crippen LogP contribution in [-0.2, 0) is 4.79 Å². The molecule has 2 atom stereocenters. The van der Waals surface area contributed by atoms with Crippen LogP contribution in [-0.4, -0.2) is 19.0 Å². The van der Waals surface area contributed by atoms with E-state index in [9.17, 15) is 4.79 Å². The molecule has 1 saturated heterocycles. The molecule has 1 heterocycles. The Morgan fingerprint density at radius 3 is 2.50 bits per heavy atom. The van der Waals surface area contributed by atoms with E-state index in [-0.39, 0.29) is 11.9 Å². The molecule has 4 heteroatoms. The first-order chi connectivity index (χ1) is 11.7. The van der Waals surface area contributed by atoms with Gasteiger partial charge in [0.15, 0.2) is 0 Å². The van der Waals surface area contributed by atoms with Crippen LogP contribution >= 0.6 is 15.9 Å². The average Bonchev–Trinajstić information content (AvgIpc) is 3.13. The van der Waals surface area contributed by atoms with E-state index < -0.39 is 0 Å². The van der Waals surface area contributed by atoms with Crippen LogP contribution in [0.3, 0.4) is 0 Å². The maximum atomic E-state index is 12.5. The maximum absolute atomic E-state index is 12.5. The molecule has 3 nitrogen and oxygen atoms in total. The zero-order valence-corrected chi connectivity index (χ0v) is 15.3. The van der Waals surface area contributed by atoms with Gasteiger partial charge in [0.2, 0.25) is 5.91 Å². The first-order valence-corrected chi connectivity index (χ1v) is 9.32. The predicted molar refractivity (Wildman–Crippen MR) is 101 cm³/mol. The molecule has 2 unspecified atom stereocenters. The van der Waals surface area contributed by atoms with Crippen LogP contribution in [0.5, 0.6) is 0 Å². The second kappa shape index (κ2) is 8.45. The molecule has 0 aliphatic carbocycles. The highest BCUT2D eigenvalue weighted by atomic mass is 79.9. The maximum Gasteiger partial charge on any atom is 0.220 e. The van der Waals surface area contributed by atoms with Crippen molar-refractivity contribution >= 4 is 21.8 Å². The standard InChI is InChI=1S/C20H23BrN2O/c21-18-9-7-17(8-10-18)20(16-4-2-1-3-5-16)23-19(24)11-6-15-12-13-22-14-15/h1-5,7-10,15,20,22H,6,11-14H2,(H,23,24). The molecule has 126 valence electrons. The van der Waals surface area contributed by atoms with E-state index >= 15 is 0 Å². The summed E-state index contributed by atoms with van der Waals surface area (Å²) in [5.74, 6) is 0.761. The molecule has 2 N–H and O–H groups in total. The van der Waals surface area contributed by atoms with Gasteiger partial charge in [-0.25, -0.2) is 0 Å². The summed E-state index contributed by atoms with van der Waals surface area (Å²) in [7, 11) is 0. The summed E-state index contributed by atoms with van der Waals surface area (Å²) in [5, 5.41) is 6.58. The van der Waals surface area contributed by atoms with Crippen molar-refractivity contribution in [2.75, 3.05) is 13.1 Å². The second-order valence-corrected chi connectivity index (χ2v) is 7.28. The zero-order chi connectivity index (χ0) is 16.8. The van der Waals surface area contributed by atoms with Crippen molar-refractivity contribution in [3.05, 3.63) is 70.2 Å². The molecule has 2 aromatic rings. The summed E-state index contributed by atoms with van der Waals surface area (Å²) in [5.41, 5.74) is 2.20. The van der Waals surface area contributed by atoms with E-state index in [1.54, 1.807) is 0 Å². The molecule has 0 spiro atoms. The summed E-state index contributed by atoms with van der Waals surface area (Å²) >= 11 is 3.47. The molecule has 1 aliphatic rings. The molecule has 1 amide bonds. The number of rotatable bonds is 6. The Kier molecular flexibility index (Phi) is 6.05. The Bertz CT molecular complexity index is 651. The van der Waals surface area contributed by atoms with Gasteiger partial charge in [-0.1, -0.05) is 58.4 Å². The Hall–Kier alpha value is -1.65. The van der Waals surface area contributed by atoms with Crippen LogP contribution < -0.4 is 10.6 Å². The third-order valence-electron chi connectivity index (χ3n) is 4.58. The van der Waals surface area contributed by atoms with Crippen LogP contribution in [0.1, 0.15) is 36.4 Å². The van der Waals surface area contributed by atoms with Gasteiger partial charge >= 0.3 is 0 Å². The lowest BCUT2D eigenvalue weighted by Crippen LogP contribution is -2.29.